The molecule has 1 heterocycles. The quantitative estimate of drug-likeness (QED) is 0.717. The van der Waals surface area contributed by atoms with Crippen LogP contribution in [0.25, 0.3) is 0 Å². The lowest BCUT2D eigenvalue weighted by molar-refractivity contribution is 0.154. The lowest BCUT2D eigenvalue weighted by Gasteiger charge is -2.20. The van der Waals surface area contributed by atoms with E-state index >= 15 is 0 Å². The molecular weight excluding hydrogens is 342 g/mol. The molecule has 1 atom stereocenters. The van der Waals surface area contributed by atoms with E-state index in [0.29, 0.717) is 29.4 Å². The lowest BCUT2D eigenvalue weighted by Crippen LogP contribution is -2.17. The second-order valence-electron chi connectivity index (χ2n) is 6.43. The molecule has 0 aliphatic rings. The summed E-state index contributed by atoms with van der Waals surface area (Å²) < 4.78 is 13.2. The fourth-order valence-electron chi connectivity index (χ4n) is 3.05. The maximum Gasteiger partial charge on any atom is 0.182 e. The Kier molecular flexibility index (Phi) is 5.62. The fourth-order valence-corrected chi connectivity index (χ4v) is 3.05. The molecule has 5 heteroatoms. The molecule has 3 rings (SSSR count). The predicted octanol–water partition coefficient (Wildman–Crippen LogP) is 4.00. The van der Waals surface area contributed by atoms with Crippen LogP contribution in [0.2, 0.25) is 0 Å². The zero-order chi connectivity index (χ0) is 19.4. The number of aliphatic hydroxyl groups is 1. The standard InChI is InChI=1S/C22H23NO4/c1-15-11-18(24)12-16(2)23(15)14-20(25)17-9-10-21(26-3)22(13-17)27-19-7-5-4-6-8-19/h4-13,20,25H,14H2,1-3H3. The third-order valence-corrected chi connectivity index (χ3v) is 4.45. The van der Waals surface area contributed by atoms with Gasteiger partial charge in [0, 0.05) is 23.5 Å². The maximum atomic E-state index is 11.6. The smallest absolute Gasteiger partial charge is 0.182 e. The zero-order valence-corrected chi connectivity index (χ0v) is 15.7. The fraction of sp³-hybridized carbons (Fsp3) is 0.227. The van der Waals surface area contributed by atoms with E-state index in [-0.39, 0.29) is 5.43 Å². The monoisotopic (exact) mass is 365 g/mol. The van der Waals surface area contributed by atoms with E-state index < -0.39 is 6.10 Å². The molecule has 0 bridgehead atoms. The summed E-state index contributed by atoms with van der Waals surface area (Å²) in [4.78, 5) is 11.6. The molecule has 140 valence electrons. The van der Waals surface area contributed by atoms with Crippen LogP contribution < -0.4 is 14.9 Å². The Labute approximate surface area is 158 Å². The minimum absolute atomic E-state index is 0.0289. The molecule has 0 aliphatic carbocycles. The summed E-state index contributed by atoms with van der Waals surface area (Å²) in [6.45, 7) is 4.06. The third kappa shape index (κ3) is 4.38. The molecule has 0 saturated carbocycles. The van der Waals surface area contributed by atoms with Crippen molar-refractivity contribution in [1.29, 1.82) is 0 Å². The SMILES string of the molecule is COc1ccc(C(O)Cn2c(C)cc(=O)cc2C)cc1Oc1ccccc1. The zero-order valence-electron chi connectivity index (χ0n) is 15.7. The van der Waals surface area contributed by atoms with Gasteiger partial charge in [0.25, 0.3) is 0 Å². The summed E-state index contributed by atoms with van der Waals surface area (Å²) in [5.74, 6) is 1.81. The molecule has 5 nitrogen and oxygen atoms in total. The van der Waals surface area contributed by atoms with Crippen molar-refractivity contribution in [3.05, 3.63) is 87.8 Å². The van der Waals surface area contributed by atoms with E-state index in [4.69, 9.17) is 9.47 Å². The maximum absolute atomic E-state index is 11.6. The highest BCUT2D eigenvalue weighted by Gasteiger charge is 2.15. The van der Waals surface area contributed by atoms with Crippen molar-refractivity contribution in [2.75, 3.05) is 7.11 Å². The van der Waals surface area contributed by atoms with Crippen molar-refractivity contribution >= 4 is 0 Å². The molecule has 0 saturated heterocycles. The molecule has 1 aromatic heterocycles. The minimum Gasteiger partial charge on any atom is -0.493 e. The molecule has 0 spiro atoms. The first-order valence-electron chi connectivity index (χ1n) is 8.75. The predicted molar refractivity (Wildman–Crippen MR) is 105 cm³/mol. The highest BCUT2D eigenvalue weighted by molar-refractivity contribution is 5.46. The number of rotatable bonds is 6. The molecule has 2 aromatic carbocycles. The number of methoxy groups -OCH3 is 1. The van der Waals surface area contributed by atoms with Crippen LogP contribution in [-0.4, -0.2) is 16.8 Å². The molecule has 3 aromatic rings. The van der Waals surface area contributed by atoms with Gasteiger partial charge in [0.15, 0.2) is 16.9 Å². The number of para-hydroxylation sites is 1. The first-order valence-corrected chi connectivity index (χ1v) is 8.75. The molecule has 0 radical (unpaired) electrons. The van der Waals surface area contributed by atoms with Crippen molar-refractivity contribution in [1.82, 2.24) is 4.57 Å². The molecule has 0 aliphatic heterocycles. The Balaban J connectivity index is 1.88. The Morgan fingerprint density at radius 3 is 2.26 bits per heavy atom. The van der Waals surface area contributed by atoms with Crippen LogP contribution in [0.5, 0.6) is 17.2 Å². The Morgan fingerprint density at radius 1 is 0.963 bits per heavy atom. The van der Waals surface area contributed by atoms with Gasteiger partial charge < -0.3 is 19.1 Å². The van der Waals surface area contributed by atoms with Gasteiger partial charge in [-0.1, -0.05) is 24.3 Å². The number of pyridine rings is 1. The largest absolute Gasteiger partial charge is 0.493 e. The van der Waals surface area contributed by atoms with Gasteiger partial charge in [-0.2, -0.15) is 0 Å². The molecule has 27 heavy (non-hydrogen) atoms. The van der Waals surface area contributed by atoms with Crippen molar-refractivity contribution < 1.29 is 14.6 Å². The number of hydrogen-bond acceptors (Lipinski definition) is 4. The van der Waals surface area contributed by atoms with Crippen molar-refractivity contribution in [3.8, 4) is 17.2 Å². The molecule has 1 unspecified atom stereocenters. The Morgan fingerprint density at radius 2 is 1.63 bits per heavy atom. The van der Waals surface area contributed by atoms with Crippen molar-refractivity contribution in [2.45, 2.75) is 26.5 Å². The molecule has 1 N–H and O–H groups in total. The van der Waals surface area contributed by atoms with Crippen molar-refractivity contribution in [3.63, 3.8) is 0 Å². The summed E-state index contributed by atoms with van der Waals surface area (Å²) in [6, 6.07) is 17.9. The Hall–Kier alpha value is -3.05. The first-order chi connectivity index (χ1) is 13.0. The summed E-state index contributed by atoms with van der Waals surface area (Å²) in [5.41, 5.74) is 2.31. The van der Waals surface area contributed by atoms with Gasteiger partial charge in [-0.05, 0) is 43.7 Å². The Bertz CT molecular complexity index is 953. The van der Waals surface area contributed by atoms with E-state index in [0.717, 1.165) is 11.4 Å². The number of ether oxygens (including phenoxy) is 2. The molecular formula is C22H23NO4. The minimum atomic E-state index is -0.756. The van der Waals surface area contributed by atoms with Crippen LogP contribution in [0.3, 0.4) is 0 Å². The number of hydrogen-bond donors (Lipinski definition) is 1. The van der Waals surface area contributed by atoms with E-state index in [2.05, 4.69) is 0 Å². The lowest BCUT2D eigenvalue weighted by atomic mass is 10.1. The van der Waals surface area contributed by atoms with Crippen LogP contribution in [0.15, 0.2) is 65.5 Å². The van der Waals surface area contributed by atoms with Gasteiger partial charge >= 0.3 is 0 Å². The summed E-state index contributed by atoms with van der Waals surface area (Å²) in [7, 11) is 1.58. The van der Waals surface area contributed by atoms with Crippen LogP contribution in [0.4, 0.5) is 0 Å². The average molecular weight is 365 g/mol. The van der Waals surface area contributed by atoms with Gasteiger partial charge in [0.05, 0.1) is 19.8 Å². The third-order valence-electron chi connectivity index (χ3n) is 4.45. The van der Waals surface area contributed by atoms with Gasteiger partial charge in [0.1, 0.15) is 5.75 Å². The summed E-state index contributed by atoms with van der Waals surface area (Å²) >= 11 is 0. The van der Waals surface area contributed by atoms with Gasteiger partial charge in [0.2, 0.25) is 0 Å². The number of aryl methyl sites for hydroxylation is 2. The number of benzene rings is 2. The van der Waals surface area contributed by atoms with E-state index in [9.17, 15) is 9.90 Å². The first kappa shape index (κ1) is 18.7. The highest BCUT2D eigenvalue weighted by atomic mass is 16.5. The normalized spacial score (nSPS) is 11.9. The molecule has 0 fully saturated rings. The molecule has 0 amide bonds. The van der Waals surface area contributed by atoms with Gasteiger partial charge in [-0.25, -0.2) is 0 Å². The van der Waals surface area contributed by atoms with E-state index in [1.165, 1.54) is 0 Å². The number of aliphatic hydroxyl groups excluding tert-OH is 1. The number of aromatic nitrogens is 1. The van der Waals surface area contributed by atoms with Crippen LogP contribution in [-0.2, 0) is 6.54 Å². The number of nitrogens with zero attached hydrogens (tertiary/aromatic N) is 1. The van der Waals surface area contributed by atoms with E-state index in [1.807, 2.05) is 54.8 Å². The second-order valence-corrected chi connectivity index (χ2v) is 6.43. The highest BCUT2D eigenvalue weighted by Crippen LogP contribution is 2.34. The van der Waals surface area contributed by atoms with Crippen LogP contribution in [0.1, 0.15) is 23.1 Å². The van der Waals surface area contributed by atoms with Gasteiger partial charge in [-0.3, -0.25) is 4.79 Å². The summed E-state index contributed by atoms with van der Waals surface area (Å²) in [6.07, 6.45) is -0.756. The van der Waals surface area contributed by atoms with Gasteiger partial charge in [-0.15, -0.1) is 0 Å². The topological polar surface area (TPSA) is 60.7 Å². The van der Waals surface area contributed by atoms with E-state index in [1.54, 1.807) is 31.4 Å². The average Bonchev–Trinajstić information content (AvgIpc) is 2.65. The summed E-state index contributed by atoms with van der Waals surface area (Å²) in [5, 5.41) is 10.8. The van der Waals surface area contributed by atoms with Crippen molar-refractivity contribution in [2.24, 2.45) is 0 Å². The second kappa shape index (κ2) is 8.10. The van der Waals surface area contributed by atoms with Crippen LogP contribution >= 0.6 is 0 Å². The van der Waals surface area contributed by atoms with Crippen LogP contribution in [0, 0.1) is 13.8 Å².